The second-order valence-electron chi connectivity index (χ2n) is 4.79. The van der Waals surface area contributed by atoms with Crippen molar-refractivity contribution >= 4 is 32.7 Å². The van der Waals surface area contributed by atoms with Gasteiger partial charge in [0.1, 0.15) is 0 Å². The van der Waals surface area contributed by atoms with Gasteiger partial charge in [-0.15, -0.1) is 11.3 Å². The van der Waals surface area contributed by atoms with E-state index in [0.29, 0.717) is 11.4 Å². The van der Waals surface area contributed by atoms with Gasteiger partial charge < -0.3 is 11.1 Å². The van der Waals surface area contributed by atoms with Crippen LogP contribution < -0.4 is 15.8 Å². The Bertz CT molecular complexity index is 697. The van der Waals surface area contributed by atoms with Crippen molar-refractivity contribution in [1.82, 2.24) is 4.72 Å². The first kappa shape index (κ1) is 15.8. The van der Waals surface area contributed by atoms with E-state index in [4.69, 9.17) is 5.73 Å². The first-order chi connectivity index (χ1) is 9.92. The van der Waals surface area contributed by atoms with Crippen molar-refractivity contribution in [3.63, 3.8) is 0 Å². The predicted molar refractivity (Wildman–Crippen MR) is 88.2 cm³/mol. The lowest BCUT2D eigenvalue weighted by Crippen LogP contribution is -2.21. The highest BCUT2D eigenvalue weighted by molar-refractivity contribution is 7.89. The molecule has 1 heterocycles. The molecule has 2 rings (SSSR count). The SMILES string of the molecule is CNS(=O)(=O)c1ccc(N)c(NC(C)Cc2cccs2)c1. The lowest BCUT2D eigenvalue weighted by Gasteiger charge is -2.17. The topological polar surface area (TPSA) is 84.2 Å². The van der Waals surface area contributed by atoms with Crippen LogP contribution in [0.2, 0.25) is 0 Å². The zero-order valence-electron chi connectivity index (χ0n) is 12.0. The minimum atomic E-state index is -3.47. The lowest BCUT2D eigenvalue weighted by atomic mass is 10.2. The molecule has 1 atom stereocenters. The summed E-state index contributed by atoms with van der Waals surface area (Å²) in [5.41, 5.74) is 7.09. The van der Waals surface area contributed by atoms with E-state index in [9.17, 15) is 8.42 Å². The molecule has 0 bridgehead atoms. The summed E-state index contributed by atoms with van der Waals surface area (Å²) in [7, 11) is -2.08. The fraction of sp³-hybridized carbons (Fsp3) is 0.286. The molecule has 5 nitrogen and oxygen atoms in total. The molecular formula is C14H19N3O2S2. The number of sulfonamides is 1. The second kappa shape index (κ2) is 6.46. The normalized spacial score (nSPS) is 13.0. The maximum Gasteiger partial charge on any atom is 0.240 e. The molecule has 1 aromatic heterocycles. The van der Waals surface area contributed by atoms with Gasteiger partial charge in [0.15, 0.2) is 0 Å². The Morgan fingerprint density at radius 2 is 2.10 bits per heavy atom. The molecule has 1 unspecified atom stereocenters. The van der Waals surface area contributed by atoms with Crippen LogP contribution in [-0.4, -0.2) is 21.5 Å². The Labute approximate surface area is 129 Å². The van der Waals surface area contributed by atoms with Gasteiger partial charge >= 0.3 is 0 Å². The van der Waals surface area contributed by atoms with E-state index in [1.807, 2.05) is 18.4 Å². The Morgan fingerprint density at radius 3 is 2.71 bits per heavy atom. The quantitative estimate of drug-likeness (QED) is 0.711. The summed E-state index contributed by atoms with van der Waals surface area (Å²) >= 11 is 1.70. The van der Waals surface area contributed by atoms with Gasteiger partial charge in [-0.1, -0.05) is 6.07 Å². The average Bonchev–Trinajstić information content (AvgIpc) is 2.93. The first-order valence-electron chi connectivity index (χ1n) is 6.54. The highest BCUT2D eigenvalue weighted by Crippen LogP contribution is 2.24. The fourth-order valence-corrected chi connectivity index (χ4v) is 3.58. The van der Waals surface area contributed by atoms with E-state index in [1.54, 1.807) is 23.5 Å². The van der Waals surface area contributed by atoms with Crippen LogP contribution in [0.4, 0.5) is 11.4 Å². The number of nitrogen functional groups attached to an aromatic ring is 1. The average molecular weight is 325 g/mol. The minimum absolute atomic E-state index is 0.151. The zero-order chi connectivity index (χ0) is 15.5. The molecule has 0 amide bonds. The molecule has 21 heavy (non-hydrogen) atoms. The number of anilines is 2. The number of benzene rings is 1. The van der Waals surface area contributed by atoms with Gasteiger partial charge in [-0.25, -0.2) is 13.1 Å². The van der Waals surface area contributed by atoms with E-state index in [0.717, 1.165) is 6.42 Å². The summed E-state index contributed by atoms with van der Waals surface area (Å²) in [5, 5.41) is 5.31. The molecule has 114 valence electrons. The van der Waals surface area contributed by atoms with E-state index in [2.05, 4.69) is 16.1 Å². The van der Waals surface area contributed by atoms with Gasteiger partial charge in [0.2, 0.25) is 10.0 Å². The maximum absolute atomic E-state index is 11.8. The van der Waals surface area contributed by atoms with Gasteiger partial charge in [0.25, 0.3) is 0 Å². The van der Waals surface area contributed by atoms with Crippen LogP contribution in [0.5, 0.6) is 0 Å². The number of hydrogen-bond donors (Lipinski definition) is 3. The van der Waals surface area contributed by atoms with Crippen molar-refractivity contribution in [2.45, 2.75) is 24.3 Å². The summed E-state index contributed by atoms with van der Waals surface area (Å²) in [4.78, 5) is 1.47. The largest absolute Gasteiger partial charge is 0.397 e. The molecule has 0 saturated carbocycles. The number of hydrogen-bond acceptors (Lipinski definition) is 5. The third kappa shape index (κ3) is 3.96. The summed E-state index contributed by atoms with van der Waals surface area (Å²) in [6.07, 6.45) is 0.861. The molecular weight excluding hydrogens is 306 g/mol. The number of nitrogens with one attached hydrogen (secondary N) is 2. The van der Waals surface area contributed by atoms with Gasteiger partial charge in [0.05, 0.1) is 16.3 Å². The number of rotatable bonds is 6. The van der Waals surface area contributed by atoms with Crippen LogP contribution in [0.25, 0.3) is 0 Å². The van der Waals surface area contributed by atoms with Crippen LogP contribution in [0.1, 0.15) is 11.8 Å². The first-order valence-corrected chi connectivity index (χ1v) is 8.90. The maximum atomic E-state index is 11.8. The van der Waals surface area contributed by atoms with Gasteiger partial charge in [-0.05, 0) is 43.6 Å². The van der Waals surface area contributed by atoms with Gasteiger partial charge in [0, 0.05) is 17.3 Å². The number of nitrogens with two attached hydrogens (primary N) is 1. The fourth-order valence-electron chi connectivity index (χ4n) is 1.99. The smallest absolute Gasteiger partial charge is 0.240 e. The van der Waals surface area contributed by atoms with Crippen LogP contribution in [-0.2, 0) is 16.4 Å². The van der Waals surface area contributed by atoms with Crippen molar-refractivity contribution in [2.24, 2.45) is 0 Å². The Kier molecular flexibility index (Phi) is 4.87. The van der Waals surface area contributed by atoms with Crippen LogP contribution >= 0.6 is 11.3 Å². The molecule has 0 aliphatic carbocycles. The van der Waals surface area contributed by atoms with E-state index in [-0.39, 0.29) is 10.9 Å². The highest BCUT2D eigenvalue weighted by atomic mass is 32.2. The monoisotopic (exact) mass is 325 g/mol. The van der Waals surface area contributed by atoms with E-state index < -0.39 is 10.0 Å². The Morgan fingerprint density at radius 1 is 1.33 bits per heavy atom. The second-order valence-corrected chi connectivity index (χ2v) is 7.70. The molecule has 0 fully saturated rings. The van der Waals surface area contributed by atoms with Gasteiger partial charge in [-0.2, -0.15) is 0 Å². The standard InChI is InChI=1S/C14H19N3O2S2/c1-10(8-11-4-3-7-20-11)17-14-9-12(5-6-13(14)15)21(18,19)16-2/h3-7,9-10,16-17H,8,15H2,1-2H3. The highest BCUT2D eigenvalue weighted by Gasteiger charge is 2.14. The zero-order valence-corrected chi connectivity index (χ0v) is 13.6. The van der Waals surface area contributed by atoms with E-state index in [1.165, 1.54) is 18.0 Å². The summed E-state index contributed by atoms with van der Waals surface area (Å²) in [6.45, 7) is 2.04. The predicted octanol–water partition coefficient (Wildman–Crippen LogP) is 2.28. The summed E-state index contributed by atoms with van der Waals surface area (Å²) < 4.78 is 26.0. The molecule has 0 radical (unpaired) electrons. The Hall–Kier alpha value is -1.57. The Balaban J connectivity index is 2.17. The van der Waals surface area contributed by atoms with Crippen molar-refractivity contribution in [2.75, 3.05) is 18.1 Å². The van der Waals surface area contributed by atoms with Crippen LogP contribution in [0, 0.1) is 0 Å². The molecule has 0 aliphatic rings. The number of thiophene rings is 1. The van der Waals surface area contributed by atoms with E-state index >= 15 is 0 Å². The molecule has 2 aromatic rings. The molecule has 0 aliphatic heterocycles. The van der Waals surface area contributed by atoms with Crippen molar-refractivity contribution in [1.29, 1.82) is 0 Å². The van der Waals surface area contributed by atoms with Gasteiger partial charge in [-0.3, -0.25) is 0 Å². The summed E-state index contributed by atoms with van der Waals surface area (Å²) in [6, 6.07) is 8.90. The van der Waals surface area contributed by atoms with Crippen molar-refractivity contribution < 1.29 is 8.42 Å². The third-order valence-electron chi connectivity index (χ3n) is 3.09. The molecule has 1 aromatic carbocycles. The molecule has 0 saturated heterocycles. The molecule has 7 heteroatoms. The summed E-state index contributed by atoms with van der Waals surface area (Å²) in [5.74, 6) is 0. The molecule has 4 N–H and O–H groups in total. The van der Waals surface area contributed by atoms with Crippen LogP contribution in [0.15, 0.2) is 40.6 Å². The van der Waals surface area contributed by atoms with Crippen molar-refractivity contribution in [3.05, 3.63) is 40.6 Å². The third-order valence-corrected chi connectivity index (χ3v) is 5.40. The minimum Gasteiger partial charge on any atom is -0.397 e. The van der Waals surface area contributed by atoms with Crippen LogP contribution in [0.3, 0.4) is 0 Å². The van der Waals surface area contributed by atoms with Crippen molar-refractivity contribution in [3.8, 4) is 0 Å². The molecule has 0 spiro atoms. The lowest BCUT2D eigenvalue weighted by molar-refractivity contribution is 0.588.